The van der Waals surface area contributed by atoms with Crippen LogP contribution in [0, 0.1) is 6.92 Å². The van der Waals surface area contributed by atoms with E-state index < -0.39 is 8.32 Å². The first kappa shape index (κ1) is 14.9. The minimum absolute atomic E-state index is 0.275. The normalized spacial score (nSPS) is 12.9. The van der Waals surface area contributed by atoms with Crippen molar-refractivity contribution in [1.82, 2.24) is 0 Å². The van der Waals surface area contributed by atoms with Gasteiger partial charge in [0.15, 0.2) is 8.32 Å². The Hall–Kier alpha value is -0.123. The maximum Gasteiger partial charge on any atom is 0.192 e. The molecule has 0 aliphatic carbocycles. The highest BCUT2D eigenvalue weighted by Gasteiger charge is 2.36. The molecule has 0 unspecified atom stereocenters. The van der Waals surface area contributed by atoms with Gasteiger partial charge in [0.1, 0.15) is 0 Å². The van der Waals surface area contributed by atoms with Gasteiger partial charge in [-0.25, -0.2) is 0 Å². The van der Waals surface area contributed by atoms with Gasteiger partial charge < -0.3 is 4.43 Å². The molecule has 0 aromatic heterocycles. The third kappa shape index (κ3) is 3.93. The van der Waals surface area contributed by atoms with Crippen molar-refractivity contribution >= 4 is 24.2 Å². The number of halogens is 1. The Balaban J connectivity index is 2.71. The molecule has 0 atom stereocenters. The van der Waals surface area contributed by atoms with Gasteiger partial charge in [-0.2, -0.15) is 0 Å². The van der Waals surface area contributed by atoms with Gasteiger partial charge >= 0.3 is 0 Å². The van der Waals surface area contributed by atoms with E-state index in [4.69, 9.17) is 4.43 Å². The lowest BCUT2D eigenvalue weighted by molar-refractivity contribution is 0.276. The molecule has 0 amide bonds. The van der Waals surface area contributed by atoms with E-state index in [1.165, 1.54) is 11.1 Å². The standard InChI is InChI=1S/C14H23BrOSi/c1-11-9-12(7-8-13(11)15)10-16-17(5,6)14(2,3)4/h7-9H,10H2,1-6H3. The van der Waals surface area contributed by atoms with Crippen LogP contribution in [0.2, 0.25) is 18.1 Å². The van der Waals surface area contributed by atoms with E-state index in [1.807, 2.05) is 0 Å². The fourth-order valence-corrected chi connectivity index (χ4v) is 2.48. The molecule has 0 fully saturated rings. The summed E-state index contributed by atoms with van der Waals surface area (Å²) in [6.07, 6.45) is 0. The molecular weight excluding hydrogens is 292 g/mol. The molecule has 1 aromatic carbocycles. The maximum atomic E-state index is 6.20. The molecule has 0 bridgehead atoms. The molecule has 17 heavy (non-hydrogen) atoms. The molecule has 0 saturated carbocycles. The fraction of sp³-hybridized carbons (Fsp3) is 0.571. The molecule has 1 aromatic rings. The van der Waals surface area contributed by atoms with Crippen molar-refractivity contribution in [3.63, 3.8) is 0 Å². The van der Waals surface area contributed by atoms with E-state index in [0.29, 0.717) is 0 Å². The SMILES string of the molecule is Cc1cc(CO[Si](C)(C)C(C)(C)C)ccc1Br. The zero-order valence-electron chi connectivity index (χ0n) is 11.7. The van der Waals surface area contributed by atoms with Crippen molar-refractivity contribution in [1.29, 1.82) is 0 Å². The Kier molecular flexibility index (Phi) is 4.61. The Morgan fingerprint density at radius 1 is 1.24 bits per heavy atom. The molecule has 0 heterocycles. The zero-order chi connectivity index (χ0) is 13.3. The monoisotopic (exact) mass is 314 g/mol. The number of aryl methyl sites for hydroxylation is 1. The van der Waals surface area contributed by atoms with Crippen LogP contribution in [0.25, 0.3) is 0 Å². The zero-order valence-corrected chi connectivity index (χ0v) is 14.3. The lowest BCUT2D eigenvalue weighted by Crippen LogP contribution is -2.40. The molecular formula is C14H23BrOSi. The highest BCUT2D eigenvalue weighted by molar-refractivity contribution is 9.10. The van der Waals surface area contributed by atoms with E-state index in [0.717, 1.165) is 11.1 Å². The molecule has 0 radical (unpaired) electrons. The van der Waals surface area contributed by atoms with E-state index in [1.54, 1.807) is 0 Å². The van der Waals surface area contributed by atoms with E-state index >= 15 is 0 Å². The van der Waals surface area contributed by atoms with Crippen molar-refractivity contribution < 1.29 is 4.43 Å². The summed E-state index contributed by atoms with van der Waals surface area (Å²) in [5.41, 5.74) is 2.52. The van der Waals surface area contributed by atoms with E-state index in [-0.39, 0.29) is 5.04 Å². The molecule has 96 valence electrons. The smallest absolute Gasteiger partial charge is 0.192 e. The number of benzene rings is 1. The third-order valence-electron chi connectivity index (χ3n) is 3.63. The first-order chi connectivity index (χ1) is 7.63. The average Bonchev–Trinajstić information content (AvgIpc) is 2.18. The molecule has 3 heteroatoms. The lowest BCUT2D eigenvalue weighted by Gasteiger charge is -2.36. The predicted octanol–water partition coefficient (Wildman–Crippen LogP) is 5.28. The quantitative estimate of drug-likeness (QED) is 0.690. The van der Waals surface area contributed by atoms with Crippen LogP contribution in [0.1, 0.15) is 31.9 Å². The van der Waals surface area contributed by atoms with Crippen LogP contribution in [0.15, 0.2) is 22.7 Å². The van der Waals surface area contributed by atoms with Crippen LogP contribution in [0.4, 0.5) is 0 Å². The molecule has 0 saturated heterocycles. The molecule has 0 spiro atoms. The van der Waals surface area contributed by atoms with Gasteiger partial charge in [-0.1, -0.05) is 48.8 Å². The lowest BCUT2D eigenvalue weighted by atomic mass is 10.1. The van der Waals surface area contributed by atoms with Gasteiger partial charge in [0.2, 0.25) is 0 Å². The highest BCUT2D eigenvalue weighted by Crippen LogP contribution is 2.37. The van der Waals surface area contributed by atoms with Gasteiger partial charge in [0.25, 0.3) is 0 Å². The van der Waals surface area contributed by atoms with Crippen molar-refractivity contribution in [2.24, 2.45) is 0 Å². The summed E-state index contributed by atoms with van der Waals surface area (Å²) in [5, 5.41) is 0.275. The van der Waals surface area contributed by atoms with Crippen LogP contribution in [0.3, 0.4) is 0 Å². The topological polar surface area (TPSA) is 9.23 Å². The van der Waals surface area contributed by atoms with Crippen LogP contribution < -0.4 is 0 Å². The second-order valence-electron chi connectivity index (χ2n) is 6.13. The summed E-state index contributed by atoms with van der Waals surface area (Å²) in [5.74, 6) is 0. The fourth-order valence-electron chi connectivity index (χ4n) is 1.28. The first-order valence-electron chi connectivity index (χ1n) is 6.02. The van der Waals surface area contributed by atoms with Gasteiger partial charge in [0, 0.05) is 4.47 Å². The average molecular weight is 315 g/mol. The van der Waals surface area contributed by atoms with Crippen molar-refractivity contribution in [3.8, 4) is 0 Å². The minimum atomic E-state index is -1.63. The summed E-state index contributed by atoms with van der Waals surface area (Å²) in [6.45, 7) is 14.2. The van der Waals surface area contributed by atoms with Crippen LogP contribution >= 0.6 is 15.9 Å². The maximum absolute atomic E-state index is 6.20. The summed E-state index contributed by atoms with van der Waals surface area (Å²) >= 11 is 3.52. The number of hydrogen-bond acceptors (Lipinski definition) is 1. The molecule has 0 aliphatic rings. The number of rotatable bonds is 3. The first-order valence-corrected chi connectivity index (χ1v) is 9.72. The van der Waals surface area contributed by atoms with Gasteiger partial charge in [0.05, 0.1) is 6.61 Å². The molecule has 0 N–H and O–H groups in total. The van der Waals surface area contributed by atoms with Crippen LogP contribution in [-0.4, -0.2) is 8.32 Å². The second kappa shape index (κ2) is 5.25. The van der Waals surface area contributed by atoms with Crippen molar-refractivity contribution in [2.45, 2.75) is 52.4 Å². The van der Waals surface area contributed by atoms with Crippen molar-refractivity contribution in [2.75, 3.05) is 0 Å². The molecule has 1 rings (SSSR count). The Bertz CT molecular complexity index is 394. The third-order valence-corrected chi connectivity index (χ3v) is 9.00. The van der Waals surface area contributed by atoms with Crippen LogP contribution in [0.5, 0.6) is 0 Å². The number of hydrogen-bond donors (Lipinski definition) is 0. The summed E-state index contributed by atoms with van der Waals surface area (Å²) < 4.78 is 7.36. The Morgan fingerprint density at radius 2 is 1.82 bits per heavy atom. The van der Waals surface area contributed by atoms with E-state index in [2.05, 4.69) is 74.9 Å². The largest absolute Gasteiger partial charge is 0.413 e. The Labute approximate surface area is 115 Å². The predicted molar refractivity (Wildman–Crippen MR) is 80.9 cm³/mol. The van der Waals surface area contributed by atoms with Crippen LogP contribution in [-0.2, 0) is 11.0 Å². The van der Waals surface area contributed by atoms with Gasteiger partial charge in [-0.3, -0.25) is 0 Å². The molecule has 0 aliphatic heterocycles. The summed E-state index contributed by atoms with van der Waals surface area (Å²) in [4.78, 5) is 0. The van der Waals surface area contributed by atoms with Crippen molar-refractivity contribution in [3.05, 3.63) is 33.8 Å². The summed E-state index contributed by atoms with van der Waals surface area (Å²) in [7, 11) is -1.63. The second-order valence-corrected chi connectivity index (χ2v) is 11.8. The van der Waals surface area contributed by atoms with Gasteiger partial charge in [-0.15, -0.1) is 0 Å². The van der Waals surface area contributed by atoms with Gasteiger partial charge in [-0.05, 0) is 42.2 Å². The summed E-state index contributed by atoms with van der Waals surface area (Å²) in [6, 6.07) is 6.42. The van der Waals surface area contributed by atoms with E-state index in [9.17, 15) is 0 Å². The minimum Gasteiger partial charge on any atom is -0.413 e. The Morgan fingerprint density at radius 3 is 2.29 bits per heavy atom. The highest BCUT2D eigenvalue weighted by atomic mass is 79.9. The molecule has 1 nitrogen and oxygen atoms in total.